The SMILES string of the molecule is CCC(C(=O)N1CCCC(C(=O)NCCN)C1)c1ccccc1. The number of hydrogen-bond donors (Lipinski definition) is 2. The summed E-state index contributed by atoms with van der Waals surface area (Å²) in [5, 5.41) is 2.83. The second-order valence-corrected chi connectivity index (χ2v) is 6.07. The summed E-state index contributed by atoms with van der Waals surface area (Å²) in [6.45, 7) is 4.21. The summed E-state index contributed by atoms with van der Waals surface area (Å²) in [5.41, 5.74) is 6.48. The van der Waals surface area contributed by atoms with E-state index in [9.17, 15) is 9.59 Å². The number of likely N-dealkylation sites (tertiary alicyclic amines) is 1. The average molecular weight is 317 g/mol. The highest BCUT2D eigenvalue weighted by molar-refractivity contribution is 5.85. The Morgan fingerprint density at radius 2 is 2.09 bits per heavy atom. The Morgan fingerprint density at radius 3 is 2.74 bits per heavy atom. The van der Waals surface area contributed by atoms with Crippen molar-refractivity contribution in [1.29, 1.82) is 0 Å². The van der Waals surface area contributed by atoms with E-state index in [1.807, 2.05) is 42.2 Å². The van der Waals surface area contributed by atoms with Gasteiger partial charge in [-0.2, -0.15) is 0 Å². The predicted molar refractivity (Wildman–Crippen MR) is 90.8 cm³/mol. The smallest absolute Gasteiger partial charge is 0.230 e. The molecule has 0 bridgehead atoms. The number of nitrogens with zero attached hydrogens (tertiary/aromatic N) is 1. The number of rotatable bonds is 6. The summed E-state index contributed by atoms with van der Waals surface area (Å²) in [6, 6.07) is 9.89. The van der Waals surface area contributed by atoms with Gasteiger partial charge < -0.3 is 16.0 Å². The zero-order valence-electron chi connectivity index (χ0n) is 13.8. The van der Waals surface area contributed by atoms with Crippen molar-refractivity contribution in [3.63, 3.8) is 0 Å². The quantitative estimate of drug-likeness (QED) is 0.835. The third-order valence-corrected chi connectivity index (χ3v) is 4.46. The first-order valence-corrected chi connectivity index (χ1v) is 8.48. The van der Waals surface area contributed by atoms with Crippen molar-refractivity contribution in [2.45, 2.75) is 32.1 Å². The highest BCUT2D eigenvalue weighted by atomic mass is 16.2. The first-order valence-electron chi connectivity index (χ1n) is 8.48. The van der Waals surface area contributed by atoms with E-state index in [1.54, 1.807) is 0 Å². The van der Waals surface area contributed by atoms with Crippen LogP contribution in [0.4, 0.5) is 0 Å². The van der Waals surface area contributed by atoms with E-state index >= 15 is 0 Å². The van der Waals surface area contributed by atoms with Crippen molar-refractivity contribution in [1.82, 2.24) is 10.2 Å². The minimum Gasteiger partial charge on any atom is -0.355 e. The van der Waals surface area contributed by atoms with Crippen molar-refractivity contribution in [2.24, 2.45) is 11.7 Å². The number of piperidine rings is 1. The highest BCUT2D eigenvalue weighted by Gasteiger charge is 2.31. The lowest BCUT2D eigenvalue weighted by Gasteiger charge is -2.34. The summed E-state index contributed by atoms with van der Waals surface area (Å²) in [7, 11) is 0. The standard InChI is InChI=1S/C18H27N3O2/c1-2-16(14-7-4-3-5-8-14)18(23)21-12-6-9-15(13-21)17(22)20-11-10-19/h3-5,7-8,15-16H,2,6,9-13,19H2,1H3,(H,20,22). The lowest BCUT2D eigenvalue weighted by molar-refractivity contribution is -0.137. The zero-order chi connectivity index (χ0) is 16.7. The molecule has 3 N–H and O–H groups in total. The van der Waals surface area contributed by atoms with Crippen LogP contribution >= 0.6 is 0 Å². The van der Waals surface area contributed by atoms with Gasteiger partial charge in [-0.05, 0) is 24.8 Å². The van der Waals surface area contributed by atoms with Crippen molar-refractivity contribution in [3.8, 4) is 0 Å². The van der Waals surface area contributed by atoms with Gasteiger partial charge in [0, 0.05) is 26.2 Å². The van der Waals surface area contributed by atoms with Gasteiger partial charge in [-0.25, -0.2) is 0 Å². The normalized spacial score (nSPS) is 19.2. The molecule has 126 valence electrons. The van der Waals surface area contributed by atoms with E-state index in [2.05, 4.69) is 5.32 Å². The largest absolute Gasteiger partial charge is 0.355 e. The van der Waals surface area contributed by atoms with Crippen molar-refractivity contribution >= 4 is 11.8 Å². The molecule has 1 aliphatic heterocycles. The first-order chi connectivity index (χ1) is 11.2. The highest BCUT2D eigenvalue weighted by Crippen LogP contribution is 2.25. The third-order valence-electron chi connectivity index (χ3n) is 4.46. The third kappa shape index (κ3) is 4.55. The molecule has 5 heteroatoms. The Hall–Kier alpha value is -1.88. The maximum Gasteiger partial charge on any atom is 0.230 e. The Morgan fingerprint density at radius 1 is 1.35 bits per heavy atom. The van der Waals surface area contributed by atoms with Gasteiger partial charge in [-0.1, -0.05) is 37.3 Å². The van der Waals surface area contributed by atoms with Gasteiger partial charge in [0.05, 0.1) is 11.8 Å². The molecule has 1 heterocycles. The summed E-state index contributed by atoms with van der Waals surface area (Å²) in [4.78, 5) is 26.9. The molecule has 1 aromatic rings. The minimum absolute atomic E-state index is 0.0145. The topological polar surface area (TPSA) is 75.4 Å². The number of hydrogen-bond acceptors (Lipinski definition) is 3. The Labute approximate surface area is 138 Å². The molecule has 0 aliphatic carbocycles. The van der Waals surface area contributed by atoms with E-state index in [0.29, 0.717) is 19.6 Å². The van der Waals surface area contributed by atoms with Crippen LogP contribution in [-0.2, 0) is 9.59 Å². The van der Waals surface area contributed by atoms with Crippen LogP contribution in [0.5, 0.6) is 0 Å². The Kier molecular flexibility index (Phi) is 6.59. The predicted octanol–water partition coefficient (Wildman–Crippen LogP) is 1.49. The summed E-state index contributed by atoms with van der Waals surface area (Å²) >= 11 is 0. The molecule has 23 heavy (non-hydrogen) atoms. The van der Waals surface area contributed by atoms with Crippen LogP contribution in [0.1, 0.15) is 37.7 Å². The fraction of sp³-hybridized carbons (Fsp3) is 0.556. The summed E-state index contributed by atoms with van der Waals surface area (Å²) in [5.74, 6) is -0.0923. The van der Waals surface area contributed by atoms with Gasteiger partial charge in [0.1, 0.15) is 0 Å². The van der Waals surface area contributed by atoms with E-state index in [0.717, 1.165) is 31.4 Å². The fourth-order valence-electron chi connectivity index (χ4n) is 3.19. The maximum absolute atomic E-state index is 12.9. The molecule has 5 nitrogen and oxygen atoms in total. The van der Waals surface area contributed by atoms with Crippen molar-refractivity contribution < 1.29 is 9.59 Å². The fourth-order valence-corrected chi connectivity index (χ4v) is 3.19. The number of carbonyl (C=O) groups excluding carboxylic acids is 2. The first kappa shape index (κ1) is 17.5. The molecular weight excluding hydrogens is 290 g/mol. The van der Waals surface area contributed by atoms with Gasteiger partial charge in [0.15, 0.2) is 0 Å². The molecule has 2 unspecified atom stereocenters. The number of nitrogens with one attached hydrogen (secondary N) is 1. The van der Waals surface area contributed by atoms with Gasteiger partial charge >= 0.3 is 0 Å². The molecule has 2 atom stereocenters. The van der Waals surface area contributed by atoms with Crippen LogP contribution in [0.25, 0.3) is 0 Å². The second-order valence-electron chi connectivity index (χ2n) is 6.07. The number of nitrogens with two attached hydrogens (primary N) is 1. The molecular formula is C18H27N3O2. The number of amides is 2. The van der Waals surface area contributed by atoms with Crippen LogP contribution in [0.2, 0.25) is 0 Å². The molecule has 0 saturated carbocycles. The number of benzene rings is 1. The van der Waals surface area contributed by atoms with Crippen LogP contribution in [0, 0.1) is 5.92 Å². The van der Waals surface area contributed by atoms with Gasteiger partial charge in [0.2, 0.25) is 11.8 Å². The molecule has 1 fully saturated rings. The van der Waals surface area contributed by atoms with Crippen molar-refractivity contribution in [2.75, 3.05) is 26.2 Å². The maximum atomic E-state index is 12.9. The van der Waals surface area contributed by atoms with Crippen LogP contribution in [0.3, 0.4) is 0 Å². The van der Waals surface area contributed by atoms with E-state index in [1.165, 1.54) is 0 Å². The monoisotopic (exact) mass is 317 g/mol. The molecule has 1 saturated heterocycles. The van der Waals surface area contributed by atoms with Gasteiger partial charge in [-0.3, -0.25) is 9.59 Å². The average Bonchev–Trinajstić information content (AvgIpc) is 2.61. The lowest BCUT2D eigenvalue weighted by Crippen LogP contribution is -2.47. The van der Waals surface area contributed by atoms with E-state index in [4.69, 9.17) is 5.73 Å². The molecule has 2 rings (SSSR count). The van der Waals surface area contributed by atoms with Crippen LogP contribution in [0.15, 0.2) is 30.3 Å². The molecule has 0 aromatic heterocycles. The van der Waals surface area contributed by atoms with E-state index < -0.39 is 0 Å². The Bertz CT molecular complexity index is 518. The van der Waals surface area contributed by atoms with E-state index in [-0.39, 0.29) is 23.7 Å². The van der Waals surface area contributed by atoms with Crippen LogP contribution in [-0.4, -0.2) is 42.9 Å². The van der Waals surface area contributed by atoms with Crippen molar-refractivity contribution in [3.05, 3.63) is 35.9 Å². The molecule has 0 spiro atoms. The summed E-state index contributed by atoms with van der Waals surface area (Å²) in [6.07, 6.45) is 2.48. The molecule has 1 aromatic carbocycles. The lowest BCUT2D eigenvalue weighted by atomic mass is 9.91. The Balaban J connectivity index is 2.02. The second kappa shape index (κ2) is 8.67. The number of carbonyl (C=O) groups is 2. The zero-order valence-corrected chi connectivity index (χ0v) is 13.8. The summed E-state index contributed by atoms with van der Waals surface area (Å²) < 4.78 is 0. The molecule has 2 amide bonds. The minimum atomic E-state index is -0.123. The van der Waals surface area contributed by atoms with Gasteiger partial charge in [0.25, 0.3) is 0 Å². The molecule has 1 aliphatic rings. The van der Waals surface area contributed by atoms with Crippen LogP contribution < -0.4 is 11.1 Å². The molecule has 0 radical (unpaired) electrons. The van der Waals surface area contributed by atoms with Gasteiger partial charge in [-0.15, -0.1) is 0 Å².